The minimum absolute atomic E-state index is 0.359. The normalized spacial score (nSPS) is 12.4. The fraction of sp³-hybridized carbons (Fsp3) is 0.818. The average molecular weight is 169 g/mol. The molecule has 0 aromatic carbocycles. The second-order valence-corrected chi connectivity index (χ2v) is 4.13. The van der Waals surface area contributed by atoms with Crippen molar-refractivity contribution in [3.63, 3.8) is 0 Å². The number of allylic oxidation sites excluding steroid dienone is 1. The SMILES string of the molecule is CCCC(C)(C)/C=C/N(C)CC. The van der Waals surface area contributed by atoms with Gasteiger partial charge in [-0.05, 0) is 25.0 Å². The number of hydrogen-bond donors (Lipinski definition) is 0. The van der Waals surface area contributed by atoms with Gasteiger partial charge in [-0.3, -0.25) is 0 Å². The Bertz CT molecular complexity index is 136. The molecular formula is C11H23N. The monoisotopic (exact) mass is 169 g/mol. The molecule has 1 heteroatoms. The number of hydrogen-bond acceptors (Lipinski definition) is 1. The van der Waals surface area contributed by atoms with Gasteiger partial charge >= 0.3 is 0 Å². The molecule has 0 aliphatic carbocycles. The molecule has 0 spiro atoms. The molecule has 1 nitrogen and oxygen atoms in total. The summed E-state index contributed by atoms with van der Waals surface area (Å²) < 4.78 is 0. The maximum absolute atomic E-state index is 2.31. The van der Waals surface area contributed by atoms with E-state index >= 15 is 0 Å². The van der Waals surface area contributed by atoms with Gasteiger partial charge in [-0.25, -0.2) is 0 Å². The van der Waals surface area contributed by atoms with E-state index in [-0.39, 0.29) is 0 Å². The first kappa shape index (κ1) is 11.5. The fourth-order valence-electron chi connectivity index (χ4n) is 1.16. The molecule has 0 amide bonds. The molecule has 0 aromatic rings. The molecule has 0 rings (SSSR count). The van der Waals surface area contributed by atoms with E-state index in [2.05, 4.69) is 51.9 Å². The van der Waals surface area contributed by atoms with Crippen LogP contribution in [0.5, 0.6) is 0 Å². The third-order valence-electron chi connectivity index (χ3n) is 2.17. The summed E-state index contributed by atoms with van der Waals surface area (Å²) in [5.74, 6) is 0. The topological polar surface area (TPSA) is 3.24 Å². The van der Waals surface area contributed by atoms with Crippen LogP contribution in [0.1, 0.15) is 40.5 Å². The van der Waals surface area contributed by atoms with Gasteiger partial charge < -0.3 is 4.90 Å². The third kappa shape index (κ3) is 5.22. The number of rotatable bonds is 5. The molecule has 0 N–H and O–H groups in total. The molecular weight excluding hydrogens is 146 g/mol. The van der Waals surface area contributed by atoms with Crippen molar-refractivity contribution < 1.29 is 0 Å². The molecule has 12 heavy (non-hydrogen) atoms. The Morgan fingerprint density at radius 1 is 1.25 bits per heavy atom. The summed E-state index contributed by atoms with van der Waals surface area (Å²) in [5.41, 5.74) is 0.359. The van der Waals surface area contributed by atoms with E-state index in [0.29, 0.717) is 5.41 Å². The fourth-order valence-corrected chi connectivity index (χ4v) is 1.16. The first-order valence-electron chi connectivity index (χ1n) is 4.91. The van der Waals surface area contributed by atoms with Gasteiger partial charge in [0.25, 0.3) is 0 Å². The molecule has 0 radical (unpaired) electrons. The summed E-state index contributed by atoms with van der Waals surface area (Å²) in [5, 5.41) is 0. The molecule has 0 aromatic heterocycles. The van der Waals surface area contributed by atoms with Crippen LogP contribution in [0.15, 0.2) is 12.3 Å². The summed E-state index contributed by atoms with van der Waals surface area (Å²) in [6, 6.07) is 0. The lowest BCUT2D eigenvalue weighted by atomic mass is 9.88. The Labute approximate surface area is 77.5 Å². The predicted molar refractivity (Wildman–Crippen MR) is 56.1 cm³/mol. The van der Waals surface area contributed by atoms with Crippen molar-refractivity contribution in [1.82, 2.24) is 4.90 Å². The van der Waals surface area contributed by atoms with Crippen molar-refractivity contribution in [2.24, 2.45) is 5.41 Å². The molecule has 0 saturated carbocycles. The molecule has 0 unspecified atom stereocenters. The van der Waals surface area contributed by atoms with Crippen molar-refractivity contribution >= 4 is 0 Å². The molecule has 0 heterocycles. The van der Waals surface area contributed by atoms with E-state index in [4.69, 9.17) is 0 Å². The van der Waals surface area contributed by atoms with Gasteiger partial charge in [-0.1, -0.05) is 33.3 Å². The lowest BCUT2D eigenvalue weighted by Gasteiger charge is -2.20. The van der Waals surface area contributed by atoms with Crippen LogP contribution in [0.25, 0.3) is 0 Å². The van der Waals surface area contributed by atoms with Gasteiger partial charge in [0.05, 0.1) is 0 Å². The summed E-state index contributed by atoms with van der Waals surface area (Å²) in [6.07, 6.45) is 7.02. The molecule has 0 fully saturated rings. The maximum Gasteiger partial charge on any atom is 0.0140 e. The van der Waals surface area contributed by atoms with Gasteiger partial charge in [0.2, 0.25) is 0 Å². The van der Waals surface area contributed by atoms with Crippen LogP contribution in [0, 0.1) is 5.41 Å². The van der Waals surface area contributed by atoms with Crippen LogP contribution in [0.3, 0.4) is 0 Å². The summed E-state index contributed by atoms with van der Waals surface area (Å²) in [6.45, 7) is 10.1. The third-order valence-corrected chi connectivity index (χ3v) is 2.17. The van der Waals surface area contributed by atoms with E-state index < -0.39 is 0 Å². The van der Waals surface area contributed by atoms with Gasteiger partial charge in [0.15, 0.2) is 0 Å². The van der Waals surface area contributed by atoms with Gasteiger partial charge in [-0.15, -0.1) is 0 Å². The molecule has 72 valence electrons. The van der Waals surface area contributed by atoms with Gasteiger partial charge in [0.1, 0.15) is 0 Å². The van der Waals surface area contributed by atoms with Crippen molar-refractivity contribution in [3.05, 3.63) is 12.3 Å². The summed E-state index contributed by atoms with van der Waals surface area (Å²) in [7, 11) is 2.11. The standard InChI is InChI=1S/C11H23N/c1-6-8-11(3,4)9-10-12(5)7-2/h9-10H,6-8H2,1-5H3/b10-9+. The second-order valence-electron chi connectivity index (χ2n) is 4.13. The summed E-state index contributed by atoms with van der Waals surface area (Å²) >= 11 is 0. The van der Waals surface area contributed by atoms with Crippen LogP contribution < -0.4 is 0 Å². The van der Waals surface area contributed by atoms with E-state index in [1.165, 1.54) is 12.8 Å². The largest absolute Gasteiger partial charge is 0.381 e. The minimum Gasteiger partial charge on any atom is -0.381 e. The highest BCUT2D eigenvalue weighted by Gasteiger charge is 2.11. The van der Waals surface area contributed by atoms with Crippen LogP contribution >= 0.6 is 0 Å². The zero-order valence-electron chi connectivity index (χ0n) is 9.22. The zero-order valence-corrected chi connectivity index (χ0v) is 9.22. The van der Waals surface area contributed by atoms with Crippen molar-refractivity contribution in [3.8, 4) is 0 Å². The Hall–Kier alpha value is -0.460. The van der Waals surface area contributed by atoms with Crippen LogP contribution in [0.4, 0.5) is 0 Å². The Morgan fingerprint density at radius 2 is 1.83 bits per heavy atom. The van der Waals surface area contributed by atoms with Crippen molar-refractivity contribution in [1.29, 1.82) is 0 Å². The Kier molecular flexibility index (Phi) is 5.03. The van der Waals surface area contributed by atoms with Crippen LogP contribution in [-0.2, 0) is 0 Å². The molecule has 0 aliphatic heterocycles. The van der Waals surface area contributed by atoms with Crippen molar-refractivity contribution in [2.75, 3.05) is 13.6 Å². The molecule has 0 bridgehead atoms. The lowest BCUT2D eigenvalue weighted by molar-refractivity contribution is 0.412. The summed E-state index contributed by atoms with van der Waals surface area (Å²) in [4.78, 5) is 2.21. The van der Waals surface area contributed by atoms with E-state index in [0.717, 1.165) is 6.54 Å². The van der Waals surface area contributed by atoms with Crippen LogP contribution in [0.2, 0.25) is 0 Å². The average Bonchev–Trinajstić information content (AvgIpc) is 2.00. The first-order chi connectivity index (χ1) is 5.52. The maximum atomic E-state index is 2.31. The number of nitrogens with zero attached hydrogens (tertiary/aromatic N) is 1. The van der Waals surface area contributed by atoms with Crippen LogP contribution in [-0.4, -0.2) is 18.5 Å². The molecule has 0 aliphatic rings. The molecule has 0 atom stereocenters. The van der Waals surface area contributed by atoms with E-state index in [1.807, 2.05) is 0 Å². The smallest absolute Gasteiger partial charge is 0.0140 e. The minimum atomic E-state index is 0.359. The first-order valence-corrected chi connectivity index (χ1v) is 4.91. The lowest BCUT2D eigenvalue weighted by Crippen LogP contribution is -2.12. The highest BCUT2D eigenvalue weighted by Crippen LogP contribution is 2.23. The highest BCUT2D eigenvalue weighted by molar-refractivity contribution is 4.93. The zero-order chi connectivity index (χ0) is 9.61. The predicted octanol–water partition coefficient (Wildman–Crippen LogP) is 3.28. The van der Waals surface area contributed by atoms with Crippen molar-refractivity contribution in [2.45, 2.75) is 40.5 Å². The Balaban J connectivity index is 3.94. The quantitative estimate of drug-likeness (QED) is 0.610. The second kappa shape index (κ2) is 5.23. The van der Waals surface area contributed by atoms with E-state index in [9.17, 15) is 0 Å². The van der Waals surface area contributed by atoms with Gasteiger partial charge in [0, 0.05) is 13.6 Å². The van der Waals surface area contributed by atoms with Gasteiger partial charge in [-0.2, -0.15) is 0 Å². The molecule has 0 saturated heterocycles. The Morgan fingerprint density at radius 3 is 2.25 bits per heavy atom. The highest BCUT2D eigenvalue weighted by atomic mass is 15.1. The van der Waals surface area contributed by atoms with E-state index in [1.54, 1.807) is 0 Å².